The summed E-state index contributed by atoms with van der Waals surface area (Å²) in [5.41, 5.74) is 7.65. The lowest BCUT2D eigenvalue weighted by atomic mass is 10.2. The first-order chi connectivity index (χ1) is 7.50. The summed E-state index contributed by atoms with van der Waals surface area (Å²) in [6, 6.07) is 8.02. The average molecular weight is 237 g/mol. The standard InChI is InChI=1S/C12H19N3S/c1-14(2)8-9-15(3)11-6-4-10(5-7-11)12(13)16/h4-7H,8-9H2,1-3H3,(H2,13,16). The molecule has 0 radical (unpaired) electrons. The van der Waals surface area contributed by atoms with Crippen molar-refractivity contribution in [1.29, 1.82) is 0 Å². The van der Waals surface area contributed by atoms with Gasteiger partial charge in [0.1, 0.15) is 4.99 Å². The number of rotatable bonds is 5. The lowest BCUT2D eigenvalue weighted by Crippen LogP contribution is -2.28. The highest BCUT2D eigenvalue weighted by Gasteiger charge is 2.02. The SMILES string of the molecule is CN(C)CCN(C)c1ccc(C(N)=S)cc1. The van der Waals surface area contributed by atoms with Crippen molar-refractivity contribution >= 4 is 22.9 Å². The molecule has 0 aliphatic rings. The van der Waals surface area contributed by atoms with Gasteiger partial charge in [-0.1, -0.05) is 12.2 Å². The third kappa shape index (κ3) is 3.79. The van der Waals surface area contributed by atoms with Crippen LogP contribution in [-0.2, 0) is 0 Å². The van der Waals surface area contributed by atoms with E-state index < -0.39 is 0 Å². The molecule has 88 valence electrons. The Morgan fingerprint density at radius 2 is 1.69 bits per heavy atom. The van der Waals surface area contributed by atoms with E-state index in [-0.39, 0.29) is 0 Å². The van der Waals surface area contributed by atoms with Gasteiger partial charge in [-0.25, -0.2) is 0 Å². The maximum atomic E-state index is 5.55. The van der Waals surface area contributed by atoms with Gasteiger partial charge in [0.25, 0.3) is 0 Å². The topological polar surface area (TPSA) is 32.5 Å². The zero-order valence-corrected chi connectivity index (χ0v) is 10.9. The molecule has 4 heteroatoms. The molecule has 0 aliphatic carbocycles. The summed E-state index contributed by atoms with van der Waals surface area (Å²) in [7, 11) is 6.23. The Morgan fingerprint density at radius 1 is 1.12 bits per heavy atom. The normalized spacial score (nSPS) is 10.5. The lowest BCUT2D eigenvalue weighted by Gasteiger charge is -2.21. The van der Waals surface area contributed by atoms with E-state index in [0.29, 0.717) is 4.99 Å². The van der Waals surface area contributed by atoms with Crippen LogP contribution in [0.4, 0.5) is 5.69 Å². The van der Waals surface area contributed by atoms with E-state index in [1.807, 2.05) is 24.3 Å². The molecule has 16 heavy (non-hydrogen) atoms. The molecular weight excluding hydrogens is 218 g/mol. The van der Waals surface area contributed by atoms with Crippen LogP contribution in [0, 0.1) is 0 Å². The van der Waals surface area contributed by atoms with Crippen LogP contribution >= 0.6 is 12.2 Å². The fourth-order valence-corrected chi connectivity index (χ4v) is 1.50. The first kappa shape index (κ1) is 12.9. The van der Waals surface area contributed by atoms with Crippen LogP contribution in [-0.4, -0.2) is 44.1 Å². The Labute approximate surface area is 103 Å². The number of nitrogens with zero attached hydrogens (tertiary/aromatic N) is 2. The van der Waals surface area contributed by atoms with E-state index in [1.54, 1.807) is 0 Å². The molecule has 3 nitrogen and oxygen atoms in total. The van der Waals surface area contributed by atoms with Crippen molar-refractivity contribution in [3.63, 3.8) is 0 Å². The third-order valence-corrected chi connectivity index (χ3v) is 2.71. The van der Waals surface area contributed by atoms with Crippen molar-refractivity contribution in [1.82, 2.24) is 4.90 Å². The van der Waals surface area contributed by atoms with Gasteiger partial charge in [-0.05, 0) is 38.4 Å². The Hall–Kier alpha value is -1.13. The van der Waals surface area contributed by atoms with E-state index in [1.165, 1.54) is 5.69 Å². The van der Waals surface area contributed by atoms with Crippen molar-refractivity contribution in [3.8, 4) is 0 Å². The molecule has 0 unspecified atom stereocenters. The highest BCUT2D eigenvalue weighted by Crippen LogP contribution is 2.13. The summed E-state index contributed by atoms with van der Waals surface area (Å²) in [4.78, 5) is 4.82. The minimum atomic E-state index is 0.447. The summed E-state index contributed by atoms with van der Waals surface area (Å²) >= 11 is 4.91. The first-order valence-corrected chi connectivity index (χ1v) is 5.67. The number of likely N-dealkylation sites (N-methyl/N-ethyl adjacent to an activating group) is 2. The van der Waals surface area contributed by atoms with Crippen molar-refractivity contribution in [2.45, 2.75) is 0 Å². The highest BCUT2D eigenvalue weighted by molar-refractivity contribution is 7.80. The van der Waals surface area contributed by atoms with Crippen LogP contribution in [0.15, 0.2) is 24.3 Å². The predicted octanol–water partition coefficient (Wildman–Crippen LogP) is 1.32. The van der Waals surface area contributed by atoms with Crippen molar-refractivity contribution in [2.75, 3.05) is 39.1 Å². The molecule has 1 aromatic rings. The molecule has 0 saturated carbocycles. The minimum Gasteiger partial charge on any atom is -0.389 e. The molecule has 0 bridgehead atoms. The fraction of sp³-hybridized carbons (Fsp3) is 0.417. The molecule has 0 aromatic heterocycles. The minimum absolute atomic E-state index is 0.447. The van der Waals surface area contributed by atoms with Gasteiger partial charge in [0.2, 0.25) is 0 Å². The Bertz CT molecular complexity index is 346. The van der Waals surface area contributed by atoms with Crippen LogP contribution in [0.5, 0.6) is 0 Å². The highest BCUT2D eigenvalue weighted by atomic mass is 32.1. The van der Waals surface area contributed by atoms with E-state index in [4.69, 9.17) is 18.0 Å². The number of thiocarbonyl (C=S) groups is 1. The molecule has 0 atom stereocenters. The van der Waals surface area contributed by atoms with Gasteiger partial charge in [-0.3, -0.25) is 0 Å². The number of anilines is 1. The van der Waals surface area contributed by atoms with E-state index >= 15 is 0 Å². The maximum absolute atomic E-state index is 5.55. The van der Waals surface area contributed by atoms with Gasteiger partial charge in [0.15, 0.2) is 0 Å². The fourth-order valence-electron chi connectivity index (χ4n) is 1.36. The summed E-state index contributed by atoms with van der Waals surface area (Å²) in [6.45, 7) is 2.03. The largest absolute Gasteiger partial charge is 0.389 e. The Kier molecular flexibility index (Phi) is 4.71. The van der Waals surface area contributed by atoms with E-state index in [2.05, 4.69) is 30.9 Å². The van der Waals surface area contributed by atoms with Gasteiger partial charge in [0, 0.05) is 31.4 Å². The predicted molar refractivity (Wildman–Crippen MR) is 74.2 cm³/mol. The van der Waals surface area contributed by atoms with Gasteiger partial charge in [0.05, 0.1) is 0 Å². The molecule has 2 N–H and O–H groups in total. The zero-order chi connectivity index (χ0) is 12.1. The second-order valence-electron chi connectivity index (χ2n) is 4.14. The summed E-state index contributed by atoms with van der Waals surface area (Å²) in [5.74, 6) is 0. The third-order valence-electron chi connectivity index (χ3n) is 2.48. The number of hydrogen-bond donors (Lipinski definition) is 1. The van der Waals surface area contributed by atoms with Crippen LogP contribution in [0.25, 0.3) is 0 Å². The second kappa shape index (κ2) is 5.82. The van der Waals surface area contributed by atoms with Crippen molar-refractivity contribution in [3.05, 3.63) is 29.8 Å². The molecule has 1 aromatic carbocycles. The van der Waals surface area contributed by atoms with Gasteiger partial charge < -0.3 is 15.5 Å². The number of benzene rings is 1. The average Bonchev–Trinajstić information content (AvgIpc) is 2.26. The molecule has 1 rings (SSSR count). The van der Waals surface area contributed by atoms with Crippen LogP contribution < -0.4 is 10.6 Å². The van der Waals surface area contributed by atoms with E-state index in [0.717, 1.165) is 18.7 Å². The van der Waals surface area contributed by atoms with Crippen molar-refractivity contribution < 1.29 is 0 Å². The smallest absolute Gasteiger partial charge is 0.103 e. The van der Waals surface area contributed by atoms with Gasteiger partial charge in [-0.15, -0.1) is 0 Å². The Balaban J connectivity index is 2.63. The van der Waals surface area contributed by atoms with Gasteiger partial charge in [-0.2, -0.15) is 0 Å². The first-order valence-electron chi connectivity index (χ1n) is 5.26. The molecular formula is C12H19N3S. The molecule has 0 fully saturated rings. The van der Waals surface area contributed by atoms with Crippen molar-refractivity contribution in [2.24, 2.45) is 5.73 Å². The van der Waals surface area contributed by atoms with Crippen LogP contribution in [0.2, 0.25) is 0 Å². The molecule has 0 spiro atoms. The van der Waals surface area contributed by atoms with E-state index in [9.17, 15) is 0 Å². The monoisotopic (exact) mass is 237 g/mol. The van der Waals surface area contributed by atoms with Crippen LogP contribution in [0.3, 0.4) is 0 Å². The molecule has 0 saturated heterocycles. The number of hydrogen-bond acceptors (Lipinski definition) is 3. The summed E-state index contributed by atoms with van der Waals surface area (Å²) in [6.07, 6.45) is 0. The lowest BCUT2D eigenvalue weighted by molar-refractivity contribution is 0.416. The maximum Gasteiger partial charge on any atom is 0.103 e. The Morgan fingerprint density at radius 3 is 2.12 bits per heavy atom. The van der Waals surface area contributed by atoms with Crippen LogP contribution in [0.1, 0.15) is 5.56 Å². The quantitative estimate of drug-likeness (QED) is 0.783. The second-order valence-corrected chi connectivity index (χ2v) is 4.58. The number of nitrogens with two attached hydrogens (primary N) is 1. The summed E-state index contributed by atoms with van der Waals surface area (Å²) in [5, 5.41) is 0. The zero-order valence-electron chi connectivity index (χ0n) is 10.1. The molecule has 0 amide bonds. The van der Waals surface area contributed by atoms with Gasteiger partial charge >= 0.3 is 0 Å². The summed E-state index contributed by atoms with van der Waals surface area (Å²) < 4.78 is 0. The molecule has 0 heterocycles. The molecule has 0 aliphatic heterocycles.